The normalized spacial score (nSPS) is 19.8. The van der Waals surface area contributed by atoms with E-state index in [2.05, 4.69) is 30.0 Å². The highest BCUT2D eigenvalue weighted by molar-refractivity contribution is 5.85. The third-order valence-corrected chi connectivity index (χ3v) is 3.73. The molecule has 1 aromatic rings. The van der Waals surface area contributed by atoms with E-state index >= 15 is 0 Å². The minimum absolute atomic E-state index is 0. The maximum atomic E-state index is 6.03. The molecule has 0 spiro atoms. The van der Waals surface area contributed by atoms with E-state index in [4.69, 9.17) is 10.5 Å². The van der Waals surface area contributed by atoms with Crippen molar-refractivity contribution in [3.05, 3.63) is 29.3 Å². The first-order valence-electron chi connectivity index (χ1n) is 6.86. The van der Waals surface area contributed by atoms with Crippen molar-refractivity contribution in [1.29, 1.82) is 0 Å². The van der Waals surface area contributed by atoms with Crippen LogP contribution in [0.3, 0.4) is 0 Å². The third-order valence-electron chi connectivity index (χ3n) is 3.73. The number of likely N-dealkylation sites (tertiary alicyclic amines) is 1. The van der Waals surface area contributed by atoms with Crippen molar-refractivity contribution >= 4 is 12.4 Å². The Labute approximate surface area is 122 Å². The molecule has 1 atom stereocenters. The van der Waals surface area contributed by atoms with Crippen LogP contribution < -0.4 is 10.5 Å². The SMILES string of the molecule is CCc1cc(OC)ccc1CN1CCCC(N)C1.Cl. The summed E-state index contributed by atoms with van der Waals surface area (Å²) in [6.45, 7) is 5.40. The summed E-state index contributed by atoms with van der Waals surface area (Å²) in [6.07, 6.45) is 3.44. The van der Waals surface area contributed by atoms with Crippen molar-refractivity contribution < 1.29 is 4.74 Å². The summed E-state index contributed by atoms with van der Waals surface area (Å²) in [5.41, 5.74) is 8.83. The Balaban J connectivity index is 0.00000180. The molecule has 3 nitrogen and oxygen atoms in total. The average molecular weight is 285 g/mol. The van der Waals surface area contributed by atoms with E-state index < -0.39 is 0 Å². The largest absolute Gasteiger partial charge is 0.497 e. The molecule has 19 heavy (non-hydrogen) atoms. The first-order valence-corrected chi connectivity index (χ1v) is 6.86. The molecule has 108 valence electrons. The molecule has 1 saturated heterocycles. The lowest BCUT2D eigenvalue weighted by Crippen LogP contribution is -2.42. The fourth-order valence-electron chi connectivity index (χ4n) is 2.69. The number of halogens is 1. The van der Waals surface area contributed by atoms with Gasteiger partial charge in [0.05, 0.1) is 7.11 Å². The smallest absolute Gasteiger partial charge is 0.119 e. The minimum atomic E-state index is 0. The number of piperidine rings is 1. The Morgan fingerprint density at radius 3 is 2.79 bits per heavy atom. The van der Waals surface area contributed by atoms with Gasteiger partial charge in [-0.05, 0) is 49.1 Å². The van der Waals surface area contributed by atoms with Crippen LogP contribution >= 0.6 is 12.4 Å². The fraction of sp³-hybridized carbons (Fsp3) is 0.600. The second-order valence-corrected chi connectivity index (χ2v) is 5.13. The topological polar surface area (TPSA) is 38.5 Å². The summed E-state index contributed by atoms with van der Waals surface area (Å²) in [4.78, 5) is 2.47. The van der Waals surface area contributed by atoms with Crippen molar-refractivity contribution in [2.24, 2.45) is 5.73 Å². The molecule has 0 bridgehead atoms. The van der Waals surface area contributed by atoms with Gasteiger partial charge in [0.15, 0.2) is 0 Å². The van der Waals surface area contributed by atoms with E-state index in [1.54, 1.807) is 7.11 Å². The number of nitrogens with zero attached hydrogens (tertiary/aromatic N) is 1. The molecule has 0 radical (unpaired) electrons. The first-order chi connectivity index (χ1) is 8.72. The van der Waals surface area contributed by atoms with Gasteiger partial charge >= 0.3 is 0 Å². The summed E-state index contributed by atoms with van der Waals surface area (Å²) >= 11 is 0. The molecule has 1 unspecified atom stereocenters. The first kappa shape index (κ1) is 16.3. The molecule has 1 aliphatic heterocycles. The summed E-state index contributed by atoms with van der Waals surface area (Å²) in [7, 11) is 1.72. The highest BCUT2D eigenvalue weighted by atomic mass is 35.5. The van der Waals surface area contributed by atoms with Gasteiger partial charge in [0.2, 0.25) is 0 Å². The summed E-state index contributed by atoms with van der Waals surface area (Å²) in [6, 6.07) is 6.75. The number of rotatable bonds is 4. The second kappa shape index (κ2) is 7.73. The summed E-state index contributed by atoms with van der Waals surface area (Å²) in [5.74, 6) is 0.950. The van der Waals surface area contributed by atoms with Crippen LogP contribution in [0.2, 0.25) is 0 Å². The number of hydrogen-bond donors (Lipinski definition) is 1. The van der Waals surface area contributed by atoms with Gasteiger partial charge in [0, 0.05) is 19.1 Å². The maximum absolute atomic E-state index is 6.03. The lowest BCUT2D eigenvalue weighted by molar-refractivity contribution is 0.201. The Morgan fingerprint density at radius 2 is 2.16 bits per heavy atom. The van der Waals surface area contributed by atoms with Crippen molar-refractivity contribution in [3.63, 3.8) is 0 Å². The van der Waals surface area contributed by atoms with Crippen LogP contribution in [0, 0.1) is 0 Å². The van der Waals surface area contributed by atoms with E-state index in [0.717, 1.165) is 25.3 Å². The van der Waals surface area contributed by atoms with E-state index in [9.17, 15) is 0 Å². The summed E-state index contributed by atoms with van der Waals surface area (Å²) < 4.78 is 5.29. The molecule has 2 N–H and O–H groups in total. The van der Waals surface area contributed by atoms with Crippen molar-refractivity contribution in [1.82, 2.24) is 4.90 Å². The van der Waals surface area contributed by atoms with Crippen LogP contribution in [0.25, 0.3) is 0 Å². The molecule has 1 aliphatic rings. The van der Waals surface area contributed by atoms with Crippen molar-refractivity contribution in [2.45, 2.75) is 38.8 Å². The predicted molar refractivity (Wildman–Crippen MR) is 82.1 cm³/mol. The van der Waals surface area contributed by atoms with Crippen LogP contribution in [0.5, 0.6) is 5.75 Å². The standard InChI is InChI=1S/C15H24N2O.ClH/c1-3-12-9-15(18-2)7-6-13(12)10-17-8-4-5-14(16)11-17;/h6-7,9,14H,3-5,8,10-11,16H2,1-2H3;1H. The number of nitrogens with two attached hydrogens (primary N) is 1. The Kier molecular flexibility index (Phi) is 6.63. The van der Waals surface area contributed by atoms with E-state index in [1.165, 1.54) is 30.5 Å². The number of ether oxygens (including phenoxy) is 1. The van der Waals surface area contributed by atoms with Crippen LogP contribution in [-0.2, 0) is 13.0 Å². The van der Waals surface area contributed by atoms with Gasteiger partial charge in [-0.1, -0.05) is 13.0 Å². The maximum Gasteiger partial charge on any atom is 0.119 e. The number of benzene rings is 1. The molecule has 0 aliphatic carbocycles. The molecule has 0 saturated carbocycles. The minimum Gasteiger partial charge on any atom is -0.497 e. The fourth-order valence-corrected chi connectivity index (χ4v) is 2.69. The zero-order valence-electron chi connectivity index (χ0n) is 11.9. The monoisotopic (exact) mass is 284 g/mol. The third kappa shape index (κ3) is 4.37. The average Bonchev–Trinajstić information content (AvgIpc) is 2.39. The van der Waals surface area contributed by atoms with Crippen molar-refractivity contribution in [3.8, 4) is 5.75 Å². The van der Waals surface area contributed by atoms with Crippen LogP contribution in [-0.4, -0.2) is 31.1 Å². The number of aryl methyl sites for hydroxylation is 1. The predicted octanol–water partition coefficient (Wildman–Crippen LogP) is 2.60. The van der Waals surface area contributed by atoms with Gasteiger partial charge in [-0.15, -0.1) is 12.4 Å². The molecule has 1 aromatic carbocycles. The van der Waals surface area contributed by atoms with E-state index in [1.807, 2.05) is 0 Å². The molecule has 4 heteroatoms. The van der Waals surface area contributed by atoms with Crippen LogP contribution in [0.15, 0.2) is 18.2 Å². The molecular weight excluding hydrogens is 260 g/mol. The van der Waals surface area contributed by atoms with Gasteiger partial charge in [0.25, 0.3) is 0 Å². The Bertz CT molecular complexity index is 398. The highest BCUT2D eigenvalue weighted by Crippen LogP contribution is 2.21. The number of hydrogen-bond acceptors (Lipinski definition) is 3. The molecular formula is C15H25ClN2O. The van der Waals surface area contributed by atoms with Gasteiger partial charge in [-0.3, -0.25) is 4.90 Å². The zero-order valence-corrected chi connectivity index (χ0v) is 12.7. The van der Waals surface area contributed by atoms with Gasteiger partial charge < -0.3 is 10.5 Å². The van der Waals surface area contributed by atoms with Gasteiger partial charge in [0.1, 0.15) is 5.75 Å². The van der Waals surface area contributed by atoms with Crippen LogP contribution in [0.1, 0.15) is 30.9 Å². The van der Waals surface area contributed by atoms with Crippen molar-refractivity contribution in [2.75, 3.05) is 20.2 Å². The van der Waals surface area contributed by atoms with E-state index in [0.29, 0.717) is 6.04 Å². The Morgan fingerprint density at radius 1 is 1.37 bits per heavy atom. The van der Waals surface area contributed by atoms with Crippen LogP contribution in [0.4, 0.5) is 0 Å². The zero-order chi connectivity index (χ0) is 13.0. The lowest BCUT2D eigenvalue weighted by Gasteiger charge is -2.31. The van der Waals surface area contributed by atoms with Gasteiger partial charge in [-0.2, -0.15) is 0 Å². The lowest BCUT2D eigenvalue weighted by atomic mass is 10.0. The molecule has 1 fully saturated rings. The van der Waals surface area contributed by atoms with E-state index in [-0.39, 0.29) is 12.4 Å². The second-order valence-electron chi connectivity index (χ2n) is 5.13. The van der Waals surface area contributed by atoms with Gasteiger partial charge in [-0.25, -0.2) is 0 Å². The molecule has 0 amide bonds. The summed E-state index contributed by atoms with van der Waals surface area (Å²) in [5, 5.41) is 0. The highest BCUT2D eigenvalue weighted by Gasteiger charge is 2.17. The number of methoxy groups -OCH3 is 1. The quantitative estimate of drug-likeness (QED) is 0.924. The molecule has 1 heterocycles. The molecule has 0 aromatic heterocycles. The molecule has 2 rings (SSSR count). The Hall–Kier alpha value is -0.770.